The average Bonchev–Trinajstić information content (AvgIpc) is 3.14. The number of nitrogens with zero attached hydrogens (tertiary/aromatic N) is 3. The van der Waals surface area contributed by atoms with Crippen molar-refractivity contribution in [2.75, 3.05) is 17.7 Å². The van der Waals surface area contributed by atoms with E-state index in [1.54, 1.807) is 18.3 Å². The van der Waals surface area contributed by atoms with Crippen molar-refractivity contribution in [3.63, 3.8) is 0 Å². The zero-order valence-electron chi connectivity index (χ0n) is 19.9. The van der Waals surface area contributed by atoms with E-state index >= 15 is 0 Å². The van der Waals surface area contributed by atoms with E-state index in [2.05, 4.69) is 32.9 Å². The second-order valence-electron chi connectivity index (χ2n) is 8.07. The summed E-state index contributed by atoms with van der Waals surface area (Å²) >= 11 is 0. The average molecular weight is 482 g/mol. The fourth-order valence-electron chi connectivity index (χ4n) is 3.78. The van der Waals surface area contributed by atoms with Gasteiger partial charge in [0.2, 0.25) is 5.95 Å². The number of aliphatic imine (C=N–C) groups is 1. The SMILES string of the molecule is C=C(/C=C\C/C(=C\CF)Nc1cc(-c2ccccc2)nc(N)n1)OCc1cccc2c1C=CN=CC2. The molecule has 0 aliphatic carbocycles. The first-order valence-corrected chi connectivity index (χ1v) is 11.6. The van der Waals surface area contributed by atoms with E-state index in [0.29, 0.717) is 36.0 Å². The van der Waals surface area contributed by atoms with Crippen molar-refractivity contribution < 1.29 is 9.13 Å². The minimum Gasteiger partial charge on any atom is -0.490 e. The third kappa shape index (κ3) is 6.76. The third-order valence-corrected chi connectivity index (χ3v) is 5.51. The molecular weight excluding hydrogens is 453 g/mol. The van der Waals surface area contributed by atoms with Crippen LogP contribution in [-0.4, -0.2) is 22.9 Å². The van der Waals surface area contributed by atoms with Crippen molar-refractivity contribution in [1.82, 2.24) is 9.97 Å². The number of nitrogen functional groups attached to an aromatic ring is 1. The Morgan fingerprint density at radius 1 is 1.14 bits per heavy atom. The molecule has 1 aromatic heterocycles. The van der Waals surface area contributed by atoms with Gasteiger partial charge in [0.15, 0.2) is 0 Å². The maximum atomic E-state index is 13.2. The van der Waals surface area contributed by atoms with Crippen molar-refractivity contribution in [3.8, 4) is 11.3 Å². The molecular formula is C29H28FN5O. The largest absolute Gasteiger partial charge is 0.490 e. The number of fused-ring (bicyclic) bond motifs is 1. The summed E-state index contributed by atoms with van der Waals surface area (Å²) in [5, 5.41) is 3.15. The Morgan fingerprint density at radius 3 is 2.83 bits per heavy atom. The molecule has 0 radical (unpaired) electrons. The van der Waals surface area contributed by atoms with E-state index < -0.39 is 6.67 Å². The number of aromatic nitrogens is 2. The molecule has 0 unspecified atom stereocenters. The zero-order chi connectivity index (χ0) is 25.2. The number of alkyl halides is 1. The molecule has 6 nitrogen and oxygen atoms in total. The molecule has 182 valence electrons. The molecule has 0 spiro atoms. The molecule has 3 N–H and O–H groups in total. The molecule has 3 aromatic rings. The van der Waals surface area contributed by atoms with Crippen LogP contribution in [0.5, 0.6) is 0 Å². The molecule has 2 aromatic carbocycles. The van der Waals surface area contributed by atoms with Crippen molar-refractivity contribution in [2.45, 2.75) is 19.4 Å². The van der Waals surface area contributed by atoms with Crippen molar-refractivity contribution in [1.29, 1.82) is 0 Å². The van der Waals surface area contributed by atoms with E-state index in [4.69, 9.17) is 10.5 Å². The number of allylic oxidation sites excluding steroid dienone is 3. The molecule has 0 atom stereocenters. The lowest BCUT2D eigenvalue weighted by molar-refractivity contribution is 0.212. The van der Waals surface area contributed by atoms with E-state index in [0.717, 1.165) is 23.1 Å². The van der Waals surface area contributed by atoms with Gasteiger partial charge in [0.05, 0.1) is 5.69 Å². The smallest absolute Gasteiger partial charge is 0.222 e. The van der Waals surface area contributed by atoms with Gasteiger partial charge in [0.25, 0.3) is 0 Å². The Balaban J connectivity index is 1.36. The fraction of sp³-hybridized carbons (Fsp3) is 0.138. The van der Waals surface area contributed by atoms with E-state index in [1.807, 2.05) is 60.8 Å². The van der Waals surface area contributed by atoms with E-state index in [1.165, 1.54) is 11.6 Å². The first-order valence-electron chi connectivity index (χ1n) is 11.6. The maximum Gasteiger partial charge on any atom is 0.222 e. The number of hydrogen-bond acceptors (Lipinski definition) is 6. The molecule has 0 amide bonds. The highest BCUT2D eigenvalue weighted by molar-refractivity contribution is 5.71. The minimum atomic E-state index is -0.615. The van der Waals surface area contributed by atoms with Crippen molar-refractivity contribution in [2.24, 2.45) is 4.99 Å². The van der Waals surface area contributed by atoms with Gasteiger partial charge in [0.1, 0.15) is 24.9 Å². The van der Waals surface area contributed by atoms with Crippen LogP contribution in [0.1, 0.15) is 23.1 Å². The molecule has 0 saturated heterocycles. The second kappa shape index (κ2) is 12.3. The summed E-state index contributed by atoms with van der Waals surface area (Å²) < 4.78 is 19.0. The van der Waals surface area contributed by atoms with Crippen LogP contribution in [0.3, 0.4) is 0 Å². The Kier molecular flexibility index (Phi) is 8.38. The van der Waals surface area contributed by atoms with Crippen LogP contribution in [-0.2, 0) is 17.8 Å². The number of rotatable bonds is 10. The highest BCUT2D eigenvalue weighted by atomic mass is 19.1. The van der Waals surface area contributed by atoms with Gasteiger partial charge in [0, 0.05) is 42.6 Å². The fourth-order valence-corrected chi connectivity index (χ4v) is 3.78. The second-order valence-corrected chi connectivity index (χ2v) is 8.07. The maximum absolute atomic E-state index is 13.2. The monoisotopic (exact) mass is 481 g/mol. The third-order valence-electron chi connectivity index (χ3n) is 5.51. The Bertz CT molecular complexity index is 1330. The number of hydrogen-bond donors (Lipinski definition) is 2. The number of nitrogens with two attached hydrogens (primary N) is 1. The standard InChI is InChI=1S/C29H28FN5O/c1-21(36-20-24-11-6-10-22-14-17-32-18-15-26(22)24)7-5-12-25(13-16-30)33-28-19-27(34-29(31)35-28)23-8-3-2-4-9-23/h2-11,13,15,17-19H,1,12,14,16,20H2,(H3,31,33,34,35)/b7-5-,25-13+. The first kappa shape index (κ1) is 24.6. The quantitative estimate of drug-likeness (QED) is 0.263. The summed E-state index contributed by atoms with van der Waals surface area (Å²) in [7, 11) is 0. The van der Waals surface area contributed by atoms with Gasteiger partial charge in [-0.05, 0) is 34.9 Å². The van der Waals surface area contributed by atoms with E-state index in [-0.39, 0.29) is 5.95 Å². The summed E-state index contributed by atoms with van der Waals surface area (Å²) in [4.78, 5) is 12.8. The predicted molar refractivity (Wildman–Crippen MR) is 145 cm³/mol. The molecule has 4 rings (SSSR count). The molecule has 0 bridgehead atoms. The summed E-state index contributed by atoms with van der Waals surface area (Å²) in [6.45, 7) is 3.76. The molecule has 36 heavy (non-hydrogen) atoms. The highest BCUT2D eigenvalue weighted by Gasteiger charge is 2.08. The van der Waals surface area contributed by atoms with Gasteiger partial charge < -0.3 is 15.8 Å². The normalized spacial score (nSPS) is 12.9. The Hall–Kier alpha value is -4.52. The first-order chi connectivity index (χ1) is 17.6. The number of benzene rings is 2. The number of ether oxygens (including phenoxy) is 1. The van der Waals surface area contributed by atoms with Gasteiger partial charge in [-0.15, -0.1) is 0 Å². The molecule has 1 aliphatic heterocycles. The Morgan fingerprint density at radius 2 is 2.00 bits per heavy atom. The summed E-state index contributed by atoms with van der Waals surface area (Å²) in [6.07, 6.45) is 12.0. The highest BCUT2D eigenvalue weighted by Crippen LogP contribution is 2.23. The molecule has 1 aliphatic rings. The Labute approximate surface area is 210 Å². The lowest BCUT2D eigenvalue weighted by atomic mass is 10.00. The summed E-state index contributed by atoms with van der Waals surface area (Å²) in [5.41, 5.74) is 11.6. The topological polar surface area (TPSA) is 85.4 Å². The lowest BCUT2D eigenvalue weighted by Crippen LogP contribution is -2.05. The van der Waals surface area contributed by atoms with Crippen LogP contribution in [0, 0.1) is 0 Å². The molecule has 0 saturated carbocycles. The van der Waals surface area contributed by atoms with Gasteiger partial charge in [-0.1, -0.05) is 61.2 Å². The predicted octanol–water partition coefficient (Wildman–Crippen LogP) is 6.27. The molecule has 7 heteroatoms. The van der Waals surface area contributed by atoms with Crippen LogP contribution >= 0.6 is 0 Å². The number of halogens is 1. The van der Waals surface area contributed by atoms with Crippen LogP contribution in [0.15, 0.2) is 102 Å². The molecule has 0 fully saturated rings. The van der Waals surface area contributed by atoms with Gasteiger partial charge >= 0.3 is 0 Å². The van der Waals surface area contributed by atoms with Gasteiger partial charge in [-0.25, -0.2) is 9.37 Å². The van der Waals surface area contributed by atoms with Gasteiger partial charge in [-0.3, -0.25) is 4.99 Å². The zero-order valence-corrected chi connectivity index (χ0v) is 19.9. The van der Waals surface area contributed by atoms with Crippen LogP contribution in [0.4, 0.5) is 16.2 Å². The van der Waals surface area contributed by atoms with E-state index in [9.17, 15) is 4.39 Å². The lowest BCUT2D eigenvalue weighted by Gasteiger charge is -2.12. The van der Waals surface area contributed by atoms with Crippen LogP contribution < -0.4 is 11.1 Å². The molecule has 2 heterocycles. The van der Waals surface area contributed by atoms with Crippen molar-refractivity contribution >= 4 is 24.1 Å². The van der Waals surface area contributed by atoms with Crippen LogP contribution in [0.25, 0.3) is 17.3 Å². The van der Waals surface area contributed by atoms with Crippen molar-refractivity contribution in [3.05, 3.63) is 114 Å². The summed E-state index contributed by atoms with van der Waals surface area (Å²) in [5.74, 6) is 1.14. The van der Waals surface area contributed by atoms with Gasteiger partial charge in [-0.2, -0.15) is 4.98 Å². The minimum absolute atomic E-state index is 0.135. The number of anilines is 2. The van der Waals surface area contributed by atoms with Crippen LogP contribution in [0.2, 0.25) is 0 Å². The number of nitrogens with one attached hydrogen (secondary N) is 1. The summed E-state index contributed by atoms with van der Waals surface area (Å²) in [6, 6.07) is 17.6.